The Balaban J connectivity index is 1.67. The maximum Gasteiger partial charge on any atom is 0.261 e. The molecule has 0 aromatic heterocycles. The third-order valence-corrected chi connectivity index (χ3v) is 4.61. The number of ether oxygens (including phenoxy) is 1. The van der Waals surface area contributed by atoms with Crippen LogP contribution in [0.3, 0.4) is 0 Å². The Morgan fingerprint density at radius 3 is 1.90 bits per heavy atom. The van der Waals surface area contributed by atoms with E-state index in [4.69, 9.17) is 17.0 Å². The van der Waals surface area contributed by atoms with Crippen LogP contribution >= 0.6 is 12.2 Å². The van der Waals surface area contributed by atoms with E-state index < -0.39 is 11.8 Å². The Hall–Kier alpha value is -3.71. The zero-order chi connectivity index (χ0) is 21.3. The fourth-order valence-corrected chi connectivity index (χ4v) is 3.15. The van der Waals surface area contributed by atoms with Crippen LogP contribution in [0.15, 0.2) is 84.9 Å². The molecule has 0 atom stereocenters. The standard InChI is InChI=1S/C23H21N3O3S/c1-29-19-15-9-8-14-18(19)21(27)24-23(30)26-25-22(28)20(16-10-4-2-5-11-16)17-12-6-3-7-13-17/h2-15,20H,1H3,(H,25,28)(H2,24,26,27,30). The number of carbonyl (C=O) groups is 2. The molecule has 0 aliphatic carbocycles. The first-order valence-electron chi connectivity index (χ1n) is 9.24. The van der Waals surface area contributed by atoms with Crippen LogP contribution in [0.1, 0.15) is 27.4 Å². The molecule has 0 aliphatic heterocycles. The number of hydrazine groups is 1. The number of nitrogens with one attached hydrogen (secondary N) is 3. The van der Waals surface area contributed by atoms with E-state index >= 15 is 0 Å². The molecule has 30 heavy (non-hydrogen) atoms. The molecule has 0 saturated carbocycles. The minimum Gasteiger partial charge on any atom is -0.496 e. The molecular weight excluding hydrogens is 398 g/mol. The van der Waals surface area contributed by atoms with Crippen molar-refractivity contribution in [2.75, 3.05) is 7.11 Å². The number of carbonyl (C=O) groups excluding carboxylic acids is 2. The molecule has 7 heteroatoms. The Kier molecular flexibility index (Phi) is 7.13. The van der Waals surface area contributed by atoms with Gasteiger partial charge < -0.3 is 4.74 Å². The van der Waals surface area contributed by atoms with Gasteiger partial charge in [-0.1, -0.05) is 72.8 Å². The maximum absolute atomic E-state index is 12.9. The van der Waals surface area contributed by atoms with Gasteiger partial charge in [-0.25, -0.2) is 0 Å². The summed E-state index contributed by atoms with van der Waals surface area (Å²) in [4.78, 5) is 25.4. The number of amides is 2. The quantitative estimate of drug-likeness (QED) is 0.437. The van der Waals surface area contributed by atoms with Crippen molar-refractivity contribution in [3.63, 3.8) is 0 Å². The summed E-state index contributed by atoms with van der Waals surface area (Å²) in [7, 11) is 1.48. The van der Waals surface area contributed by atoms with Crippen LogP contribution in [-0.4, -0.2) is 24.0 Å². The van der Waals surface area contributed by atoms with E-state index in [0.29, 0.717) is 11.3 Å². The highest BCUT2D eigenvalue weighted by Gasteiger charge is 2.23. The number of methoxy groups -OCH3 is 1. The highest BCUT2D eigenvalue weighted by molar-refractivity contribution is 7.80. The highest BCUT2D eigenvalue weighted by Crippen LogP contribution is 2.24. The molecule has 0 spiro atoms. The maximum atomic E-state index is 12.9. The monoisotopic (exact) mass is 419 g/mol. The second-order valence-corrected chi connectivity index (χ2v) is 6.76. The Morgan fingerprint density at radius 2 is 1.33 bits per heavy atom. The third-order valence-electron chi connectivity index (χ3n) is 4.41. The Labute approximate surface area is 180 Å². The van der Waals surface area contributed by atoms with E-state index in [-0.39, 0.29) is 11.0 Å². The van der Waals surface area contributed by atoms with E-state index in [0.717, 1.165) is 11.1 Å². The van der Waals surface area contributed by atoms with Crippen LogP contribution in [0.4, 0.5) is 0 Å². The van der Waals surface area contributed by atoms with Crippen LogP contribution in [0.2, 0.25) is 0 Å². The molecule has 0 fully saturated rings. The summed E-state index contributed by atoms with van der Waals surface area (Å²) in [6.45, 7) is 0. The zero-order valence-electron chi connectivity index (χ0n) is 16.3. The lowest BCUT2D eigenvalue weighted by molar-refractivity contribution is -0.122. The molecule has 3 aromatic carbocycles. The van der Waals surface area contributed by atoms with E-state index in [1.165, 1.54) is 7.11 Å². The van der Waals surface area contributed by atoms with Crippen LogP contribution < -0.4 is 20.9 Å². The van der Waals surface area contributed by atoms with Gasteiger partial charge in [-0.2, -0.15) is 0 Å². The fraction of sp³-hybridized carbons (Fsp3) is 0.0870. The van der Waals surface area contributed by atoms with Gasteiger partial charge in [0.25, 0.3) is 5.91 Å². The number of para-hydroxylation sites is 1. The van der Waals surface area contributed by atoms with Gasteiger partial charge in [0.2, 0.25) is 5.91 Å². The molecule has 0 saturated heterocycles. The van der Waals surface area contributed by atoms with Crippen LogP contribution in [0.5, 0.6) is 5.75 Å². The first-order chi connectivity index (χ1) is 14.6. The first-order valence-corrected chi connectivity index (χ1v) is 9.65. The van der Waals surface area contributed by atoms with E-state index in [1.54, 1.807) is 24.3 Å². The number of rotatable bonds is 5. The Morgan fingerprint density at radius 1 is 0.800 bits per heavy atom. The minimum atomic E-state index is -0.535. The highest BCUT2D eigenvalue weighted by atomic mass is 32.1. The fourth-order valence-electron chi connectivity index (χ4n) is 3.01. The molecule has 0 radical (unpaired) electrons. The van der Waals surface area contributed by atoms with Crippen molar-refractivity contribution < 1.29 is 14.3 Å². The molecule has 6 nitrogen and oxygen atoms in total. The molecule has 0 heterocycles. The van der Waals surface area contributed by atoms with Gasteiger partial charge in [0.15, 0.2) is 5.11 Å². The summed E-state index contributed by atoms with van der Waals surface area (Å²) in [5.74, 6) is -0.856. The summed E-state index contributed by atoms with van der Waals surface area (Å²) in [6.07, 6.45) is 0. The van der Waals surface area contributed by atoms with Crippen LogP contribution in [-0.2, 0) is 4.79 Å². The van der Waals surface area contributed by atoms with Gasteiger partial charge in [-0.3, -0.25) is 25.8 Å². The predicted molar refractivity (Wildman–Crippen MR) is 119 cm³/mol. The van der Waals surface area contributed by atoms with Gasteiger partial charge in [0, 0.05) is 0 Å². The molecular formula is C23H21N3O3S. The van der Waals surface area contributed by atoms with Gasteiger partial charge in [0.1, 0.15) is 5.75 Å². The third kappa shape index (κ3) is 5.21. The van der Waals surface area contributed by atoms with E-state index in [1.807, 2.05) is 60.7 Å². The average molecular weight is 420 g/mol. The SMILES string of the molecule is COc1ccccc1C(=O)NC(=S)NNC(=O)C(c1ccccc1)c1ccccc1. The van der Waals surface area contributed by atoms with Gasteiger partial charge in [0.05, 0.1) is 18.6 Å². The Bertz CT molecular complexity index is 987. The van der Waals surface area contributed by atoms with Crippen LogP contribution in [0.25, 0.3) is 0 Å². The summed E-state index contributed by atoms with van der Waals surface area (Å²) in [6, 6.07) is 25.6. The van der Waals surface area contributed by atoms with Gasteiger partial charge in [-0.15, -0.1) is 0 Å². The summed E-state index contributed by atoms with van der Waals surface area (Å²) in [5, 5.41) is 2.50. The second-order valence-electron chi connectivity index (χ2n) is 6.35. The normalized spacial score (nSPS) is 10.2. The summed E-state index contributed by atoms with van der Waals surface area (Å²) >= 11 is 5.15. The zero-order valence-corrected chi connectivity index (χ0v) is 17.1. The van der Waals surface area contributed by atoms with Gasteiger partial charge in [-0.05, 0) is 35.5 Å². The number of benzene rings is 3. The topological polar surface area (TPSA) is 79.5 Å². The average Bonchev–Trinajstić information content (AvgIpc) is 2.79. The lowest BCUT2D eigenvalue weighted by Gasteiger charge is -2.19. The molecule has 0 unspecified atom stereocenters. The van der Waals surface area contributed by atoms with E-state index in [2.05, 4.69) is 16.2 Å². The van der Waals surface area contributed by atoms with Crippen molar-refractivity contribution in [1.82, 2.24) is 16.2 Å². The van der Waals surface area contributed by atoms with Crippen molar-refractivity contribution in [2.24, 2.45) is 0 Å². The number of hydrogen-bond donors (Lipinski definition) is 3. The van der Waals surface area contributed by atoms with Gasteiger partial charge >= 0.3 is 0 Å². The molecule has 0 aliphatic rings. The van der Waals surface area contributed by atoms with Crippen LogP contribution in [0, 0.1) is 0 Å². The molecule has 3 N–H and O–H groups in total. The predicted octanol–water partition coefficient (Wildman–Crippen LogP) is 3.16. The lowest BCUT2D eigenvalue weighted by atomic mass is 9.91. The second kappa shape index (κ2) is 10.2. The van der Waals surface area contributed by atoms with Crippen molar-refractivity contribution in [2.45, 2.75) is 5.92 Å². The molecule has 3 rings (SSSR count). The number of hydrogen-bond acceptors (Lipinski definition) is 4. The van der Waals surface area contributed by atoms with Crippen molar-refractivity contribution in [3.8, 4) is 5.75 Å². The molecule has 2 amide bonds. The van der Waals surface area contributed by atoms with Crippen molar-refractivity contribution in [3.05, 3.63) is 102 Å². The smallest absolute Gasteiger partial charge is 0.261 e. The number of thiocarbonyl (C=S) groups is 1. The van der Waals surface area contributed by atoms with Crippen molar-refractivity contribution in [1.29, 1.82) is 0 Å². The molecule has 3 aromatic rings. The summed E-state index contributed by atoms with van der Waals surface area (Å²) in [5.41, 5.74) is 7.20. The minimum absolute atomic E-state index is 0.0286. The molecule has 152 valence electrons. The van der Waals surface area contributed by atoms with Crippen molar-refractivity contribution >= 4 is 29.1 Å². The largest absolute Gasteiger partial charge is 0.496 e. The summed E-state index contributed by atoms with van der Waals surface area (Å²) < 4.78 is 5.18. The van der Waals surface area contributed by atoms with E-state index in [9.17, 15) is 9.59 Å². The lowest BCUT2D eigenvalue weighted by Crippen LogP contribution is -2.49. The first kappa shape index (κ1) is 21.0. The molecule has 0 bridgehead atoms.